The van der Waals surface area contributed by atoms with Gasteiger partial charge in [0, 0.05) is 36.4 Å². The summed E-state index contributed by atoms with van der Waals surface area (Å²) in [6.45, 7) is 15.6. The molecule has 1 heterocycles. The monoisotopic (exact) mass is 1450 g/mol. The van der Waals surface area contributed by atoms with Crippen molar-refractivity contribution in [3.05, 3.63) is 108 Å². The first-order valence-corrected chi connectivity index (χ1v) is 35.5. The number of fused-ring (bicyclic) bond motifs is 1. The van der Waals surface area contributed by atoms with Crippen LogP contribution in [0.1, 0.15) is 137 Å². The zero-order chi connectivity index (χ0) is 77.3. The number of para-hydroxylation sites is 1. The molecule has 0 unspecified atom stereocenters. The summed E-state index contributed by atoms with van der Waals surface area (Å²) in [6, 6.07) is 10.3. The Hall–Kier alpha value is -10.3. The third kappa shape index (κ3) is 27.8. The predicted molar refractivity (Wildman–Crippen MR) is 389 cm³/mol. The molecule has 0 fully saturated rings. The van der Waals surface area contributed by atoms with Crippen LogP contribution in [0.5, 0.6) is 0 Å². The molecule has 20 N–H and O–H groups in total. The number of aliphatic carboxylic acids is 1. The smallest absolute Gasteiger partial charge is 0.326 e. The van der Waals surface area contributed by atoms with E-state index < -0.39 is 186 Å². The standard InChI is InChI=1S/C73H108N16O15/c1-11-40(5)59(76)69(99)85-52(33-46-25-17-15-18-26-46)65(95)79-38-57(91)80-45(10)64(94)87-60(41(6)12-2)70(100)81-44(9)63(93)78-39-58(92)82-53(34-47-27-19-16-20-28-47)67(97)88-61(42(7)13-3)71(101)83-51(31-23-24-32-74)66(96)84-54(36-56(75)90)68(98)89-62(43(8)14-4)72(102)86-55(73(103)104)35-48-37-77-50-30-22-21-29-49(48)50/h15-22,25-30,37,40-45,51-55,59-62,77H,11-14,23-24,31-36,38-39,74,76H2,1-10H3,(H2,75,90)(H,78,93)(H,79,95)(H,80,91)(H,81,100)(H,82,92)(H,83,101)(H,84,96)(H,85,99)(H,86,102)(H,87,94)(H,88,97)(H,89,98)(H,103,104)/t40-,41-,42-,43-,44-,45-,51-,52-,53-,54-,55-,59-,60-,61-,62-/m0/s1. The molecular formula is C73H108N16O15. The normalized spacial score (nSPS) is 15.5. The number of hydrogen-bond donors (Lipinski definition) is 17. The van der Waals surface area contributed by atoms with Crippen molar-refractivity contribution < 1.29 is 72.2 Å². The van der Waals surface area contributed by atoms with Gasteiger partial charge in [-0.05, 0) is 86.1 Å². The number of nitrogens with one attached hydrogen (secondary N) is 13. The van der Waals surface area contributed by atoms with Gasteiger partial charge in [0.2, 0.25) is 76.8 Å². The van der Waals surface area contributed by atoms with E-state index in [0.29, 0.717) is 43.2 Å². The fourth-order valence-electron chi connectivity index (χ4n) is 11.1. The Labute approximate surface area is 606 Å². The average molecular weight is 1450 g/mol. The molecule has 570 valence electrons. The van der Waals surface area contributed by atoms with E-state index in [-0.39, 0.29) is 44.6 Å². The second-order valence-electron chi connectivity index (χ2n) is 26.6. The minimum Gasteiger partial charge on any atom is -0.480 e. The largest absolute Gasteiger partial charge is 0.480 e. The number of nitrogens with two attached hydrogens (primary N) is 3. The number of carboxylic acids is 1. The van der Waals surface area contributed by atoms with E-state index in [1.165, 1.54) is 13.8 Å². The van der Waals surface area contributed by atoms with Crippen LogP contribution in [0.25, 0.3) is 10.9 Å². The van der Waals surface area contributed by atoms with Crippen molar-refractivity contribution in [1.29, 1.82) is 0 Å². The zero-order valence-electron chi connectivity index (χ0n) is 61.1. The molecular weight excluding hydrogens is 1340 g/mol. The number of carboxylic acid groups (broad SMARTS) is 1. The first-order valence-electron chi connectivity index (χ1n) is 35.5. The highest BCUT2D eigenvalue weighted by atomic mass is 16.4. The molecule has 31 heteroatoms. The number of amides is 13. The van der Waals surface area contributed by atoms with E-state index in [1.54, 1.807) is 121 Å². The van der Waals surface area contributed by atoms with Crippen molar-refractivity contribution in [1.82, 2.24) is 68.8 Å². The van der Waals surface area contributed by atoms with Gasteiger partial charge in [-0.2, -0.15) is 0 Å². The van der Waals surface area contributed by atoms with Crippen LogP contribution in [0.2, 0.25) is 0 Å². The molecule has 0 aliphatic rings. The van der Waals surface area contributed by atoms with Crippen LogP contribution in [-0.4, -0.2) is 179 Å². The zero-order valence-corrected chi connectivity index (χ0v) is 61.1. The lowest BCUT2D eigenvalue weighted by molar-refractivity contribution is -0.142. The van der Waals surface area contributed by atoms with E-state index >= 15 is 0 Å². The predicted octanol–water partition coefficient (Wildman–Crippen LogP) is -0.0833. The minimum atomic E-state index is -1.71. The number of unbranched alkanes of at least 4 members (excludes halogenated alkanes) is 1. The molecule has 0 bridgehead atoms. The molecule has 0 aliphatic carbocycles. The van der Waals surface area contributed by atoms with Crippen molar-refractivity contribution >= 4 is 93.7 Å². The van der Waals surface area contributed by atoms with E-state index in [2.05, 4.69) is 68.8 Å². The quantitative estimate of drug-likeness (QED) is 0.0257. The molecule has 0 aliphatic heterocycles. The topological polar surface area (TPSA) is 497 Å². The van der Waals surface area contributed by atoms with Crippen molar-refractivity contribution in [2.75, 3.05) is 19.6 Å². The maximum absolute atomic E-state index is 14.5. The molecule has 4 rings (SSSR count). The average Bonchev–Trinajstić information content (AvgIpc) is 1.54. The van der Waals surface area contributed by atoms with Crippen LogP contribution < -0.4 is 81.0 Å². The molecule has 0 saturated heterocycles. The van der Waals surface area contributed by atoms with Crippen molar-refractivity contribution in [2.45, 2.75) is 206 Å². The lowest BCUT2D eigenvalue weighted by Gasteiger charge is -2.30. The number of aromatic amines is 1. The van der Waals surface area contributed by atoms with E-state index in [0.717, 1.165) is 16.5 Å². The number of primary amides is 1. The molecule has 13 amide bonds. The molecule has 0 spiro atoms. The first kappa shape index (κ1) is 86.1. The number of H-pyrrole nitrogens is 1. The van der Waals surface area contributed by atoms with Gasteiger partial charge >= 0.3 is 5.97 Å². The van der Waals surface area contributed by atoms with Crippen molar-refractivity contribution in [2.24, 2.45) is 40.9 Å². The Bertz CT molecular complexity index is 3560. The van der Waals surface area contributed by atoms with Crippen LogP contribution in [0.15, 0.2) is 91.1 Å². The van der Waals surface area contributed by atoms with Crippen LogP contribution in [0, 0.1) is 23.7 Å². The van der Waals surface area contributed by atoms with Crippen molar-refractivity contribution in [3.63, 3.8) is 0 Å². The van der Waals surface area contributed by atoms with Crippen LogP contribution in [-0.2, 0) is 86.4 Å². The third-order valence-electron chi connectivity index (χ3n) is 18.5. The van der Waals surface area contributed by atoms with Gasteiger partial charge in [0.15, 0.2) is 0 Å². The molecule has 31 nitrogen and oxygen atoms in total. The lowest BCUT2D eigenvalue weighted by Crippen LogP contribution is -2.61. The first-order chi connectivity index (χ1) is 49.4. The third-order valence-corrected chi connectivity index (χ3v) is 18.5. The minimum absolute atomic E-state index is 0.0506. The highest BCUT2D eigenvalue weighted by Gasteiger charge is 2.38. The Morgan fingerprint density at radius 1 is 0.423 bits per heavy atom. The molecule has 0 radical (unpaired) electrons. The number of hydrogen-bond acceptors (Lipinski definition) is 16. The highest BCUT2D eigenvalue weighted by molar-refractivity contribution is 6.00. The Morgan fingerprint density at radius 3 is 1.36 bits per heavy atom. The number of carbonyl (C=O) groups is 14. The van der Waals surface area contributed by atoms with E-state index in [1.807, 2.05) is 26.0 Å². The lowest BCUT2D eigenvalue weighted by atomic mass is 9.96. The molecule has 4 aromatic rings. The summed E-state index contributed by atoms with van der Waals surface area (Å²) >= 11 is 0. The second-order valence-corrected chi connectivity index (χ2v) is 26.6. The van der Waals surface area contributed by atoms with Crippen LogP contribution >= 0.6 is 0 Å². The number of rotatable bonds is 45. The van der Waals surface area contributed by atoms with Gasteiger partial charge in [-0.3, -0.25) is 62.3 Å². The van der Waals surface area contributed by atoms with Gasteiger partial charge in [-0.25, -0.2) is 4.79 Å². The second kappa shape index (κ2) is 43.6. The summed E-state index contributed by atoms with van der Waals surface area (Å²) in [5, 5.41) is 42.0. The fourth-order valence-corrected chi connectivity index (χ4v) is 11.1. The SMILES string of the molecule is CC[C@H](C)[C@H](N)C(=O)N[C@@H](Cc1ccccc1)C(=O)NCC(=O)N[C@@H](C)C(=O)N[C@H](C(=O)N[C@@H](C)C(=O)NCC(=O)N[C@@H](Cc1ccccc1)C(=O)N[C@H](C(=O)N[C@@H](CCCCN)C(=O)N[C@@H](CC(N)=O)C(=O)N[C@H](C(=O)N[C@@H](Cc1c[nH]c2ccccc12)C(=O)O)[C@@H](C)CC)[C@@H](C)CC)[C@@H](C)CC. The molecule has 104 heavy (non-hydrogen) atoms. The molecule has 15 atom stereocenters. The van der Waals surface area contributed by atoms with E-state index in [4.69, 9.17) is 17.2 Å². The van der Waals surface area contributed by atoms with Crippen molar-refractivity contribution in [3.8, 4) is 0 Å². The Balaban J connectivity index is 1.42. The van der Waals surface area contributed by atoms with Crippen LogP contribution in [0.3, 0.4) is 0 Å². The number of aromatic nitrogens is 1. The molecule has 3 aromatic carbocycles. The fraction of sp³-hybridized carbons (Fsp3) is 0.534. The number of benzene rings is 3. The Kier molecular flexibility index (Phi) is 36.1. The van der Waals surface area contributed by atoms with Gasteiger partial charge < -0.3 is 91.1 Å². The highest BCUT2D eigenvalue weighted by Crippen LogP contribution is 2.21. The maximum Gasteiger partial charge on any atom is 0.326 e. The maximum atomic E-state index is 14.5. The van der Waals surface area contributed by atoms with Gasteiger partial charge in [-0.15, -0.1) is 0 Å². The van der Waals surface area contributed by atoms with Gasteiger partial charge in [0.25, 0.3) is 0 Å². The summed E-state index contributed by atoms with van der Waals surface area (Å²) in [5.41, 5.74) is 20.2. The van der Waals surface area contributed by atoms with Gasteiger partial charge in [0.05, 0.1) is 25.6 Å². The molecule has 1 aromatic heterocycles. The molecule has 0 saturated carbocycles. The van der Waals surface area contributed by atoms with E-state index in [9.17, 15) is 72.2 Å². The summed E-state index contributed by atoms with van der Waals surface area (Å²) in [5.74, 6) is -14.0. The summed E-state index contributed by atoms with van der Waals surface area (Å²) < 4.78 is 0. The summed E-state index contributed by atoms with van der Waals surface area (Å²) in [4.78, 5) is 194. The Morgan fingerprint density at radius 2 is 0.846 bits per heavy atom. The summed E-state index contributed by atoms with van der Waals surface area (Å²) in [6.07, 6.45) is 3.00. The van der Waals surface area contributed by atoms with Gasteiger partial charge in [-0.1, -0.05) is 160 Å². The van der Waals surface area contributed by atoms with Gasteiger partial charge in [0.1, 0.15) is 60.4 Å². The summed E-state index contributed by atoms with van der Waals surface area (Å²) in [7, 11) is 0. The van der Waals surface area contributed by atoms with Crippen LogP contribution in [0.4, 0.5) is 0 Å². The number of carbonyl (C=O) groups excluding carboxylic acids is 13.